The van der Waals surface area contributed by atoms with Gasteiger partial charge in [0.05, 0.1) is 29.9 Å². The molecule has 2 heterocycles. The lowest BCUT2D eigenvalue weighted by Gasteiger charge is -2.33. The molecule has 0 radical (unpaired) electrons. The Balaban J connectivity index is 1.52. The molecule has 0 bridgehead atoms. The number of para-hydroxylation sites is 2. The van der Waals surface area contributed by atoms with Crippen molar-refractivity contribution >= 4 is 27.0 Å². The van der Waals surface area contributed by atoms with E-state index in [2.05, 4.69) is 14.2 Å². The molecule has 1 aromatic heterocycles. The Morgan fingerprint density at radius 1 is 1.16 bits per heavy atom. The average Bonchev–Trinajstić information content (AvgIpc) is 3.11. The molecule has 0 saturated carbocycles. The van der Waals surface area contributed by atoms with Gasteiger partial charge >= 0.3 is 0 Å². The third-order valence-electron chi connectivity index (χ3n) is 5.54. The minimum atomic E-state index is -3.35. The van der Waals surface area contributed by atoms with E-state index in [1.807, 2.05) is 30.3 Å². The maximum absolute atomic E-state index is 13.7. The number of hydrogen-bond acceptors (Lipinski definition) is 5. The zero-order valence-electron chi connectivity index (χ0n) is 17.5. The summed E-state index contributed by atoms with van der Waals surface area (Å²) < 4.78 is 47.8. The third kappa shape index (κ3) is 5.23. The van der Waals surface area contributed by atoms with Gasteiger partial charge in [0.1, 0.15) is 5.82 Å². The van der Waals surface area contributed by atoms with Crippen LogP contribution in [0.5, 0.6) is 0 Å². The van der Waals surface area contributed by atoms with Crippen LogP contribution in [0.25, 0.3) is 11.0 Å². The smallest absolute Gasteiger partial charge is 0.214 e. The van der Waals surface area contributed by atoms with Crippen LogP contribution in [0.4, 0.5) is 10.3 Å². The summed E-state index contributed by atoms with van der Waals surface area (Å²) in [5.41, 5.74) is 2.74. The van der Waals surface area contributed by atoms with Crippen LogP contribution in [-0.2, 0) is 21.3 Å². The van der Waals surface area contributed by atoms with Gasteiger partial charge in [-0.15, -0.1) is 0 Å². The summed E-state index contributed by atoms with van der Waals surface area (Å²) in [7, 11) is -1.86. The van der Waals surface area contributed by atoms with E-state index in [-0.39, 0.29) is 24.2 Å². The number of nitrogens with one attached hydrogen (secondary N) is 1. The molecular formula is C22H27FN4O3S. The van der Waals surface area contributed by atoms with Gasteiger partial charge in [0.2, 0.25) is 16.0 Å². The van der Waals surface area contributed by atoms with Crippen LogP contribution < -0.4 is 9.62 Å². The zero-order chi connectivity index (χ0) is 21.8. The first-order valence-corrected chi connectivity index (χ1v) is 12.0. The van der Waals surface area contributed by atoms with Crippen LogP contribution in [-0.4, -0.2) is 56.6 Å². The van der Waals surface area contributed by atoms with Crippen molar-refractivity contribution in [3.8, 4) is 0 Å². The molecule has 3 aromatic rings. The van der Waals surface area contributed by atoms with Crippen LogP contribution in [0.3, 0.4) is 0 Å². The van der Waals surface area contributed by atoms with Crippen molar-refractivity contribution in [1.29, 1.82) is 0 Å². The van der Waals surface area contributed by atoms with Gasteiger partial charge in [-0.25, -0.2) is 22.5 Å². The van der Waals surface area contributed by atoms with Crippen molar-refractivity contribution in [2.24, 2.45) is 0 Å². The molecule has 31 heavy (non-hydrogen) atoms. The normalized spacial score (nSPS) is 15.6. The summed E-state index contributed by atoms with van der Waals surface area (Å²) in [6.07, 6.45) is 1.38. The molecule has 0 amide bonds. The number of imidazole rings is 1. The molecule has 1 fully saturated rings. The van der Waals surface area contributed by atoms with Crippen molar-refractivity contribution in [2.45, 2.75) is 25.4 Å². The van der Waals surface area contributed by atoms with E-state index < -0.39 is 10.0 Å². The molecule has 1 N–H and O–H groups in total. The number of halogens is 1. The Morgan fingerprint density at radius 3 is 2.68 bits per heavy atom. The fourth-order valence-corrected chi connectivity index (χ4v) is 5.23. The fraction of sp³-hybridized carbons (Fsp3) is 0.409. The Morgan fingerprint density at radius 2 is 1.94 bits per heavy atom. The van der Waals surface area contributed by atoms with Crippen LogP contribution in [0.2, 0.25) is 0 Å². The van der Waals surface area contributed by atoms with Crippen molar-refractivity contribution in [3.05, 3.63) is 59.9 Å². The van der Waals surface area contributed by atoms with E-state index in [4.69, 9.17) is 9.72 Å². The van der Waals surface area contributed by atoms with Gasteiger partial charge in [0.25, 0.3) is 0 Å². The van der Waals surface area contributed by atoms with Crippen LogP contribution in [0.15, 0.2) is 48.5 Å². The van der Waals surface area contributed by atoms with E-state index in [9.17, 15) is 12.8 Å². The van der Waals surface area contributed by atoms with Gasteiger partial charge < -0.3 is 14.2 Å². The summed E-state index contributed by atoms with van der Waals surface area (Å²) >= 11 is 0. The van der Waals surface area contributed by atoms with E-state index in [1.165, 1.54) is 13.2 Å². The molecule has 1 saturated heterocycles. The first-order chi connectivity index (χ1) is 14.9. The van der Waals surface area contributed by atoms with Crippen LogP contribution >= 0.6 is 0 Å². The van der Waals surface area contributed by atoms with Gasteiger partial charge in [-0.2, -0.15) is 0 Å². The SMILES string of the molecule is COCCS(=O)(=O)NC1CCN(c2nc3ccccc3n2Cc2cccc(F)c2)CC1. The summed E-state index contributed by atoms with van der Waals surface area (Å²) in [4.78, 5) is 7.01. The van der Waals surface area contributed by atoms with Crippen LogP contribution in [0, 0.1) is 5.82 Å². The molecule has 1 aliphatic rings. The largest absolute Gasteiger partial charge is 0.384 e. The average molecular weight is 447 g/mol. The van der Waals surface area contributed by atoms with E-state index in [0.29, 0.717) is 32.5 Å². The Kier molecular flexibility index (Phi) is 6.54. The molecule has 9 heteroatoms. The number of anilines is 1. The highest BCUT2D eigenvalue weighted by Crippen LogP contribution is 2.26. The predicted octanol–water partition coefficient (Wildman–Crippen LogP) is 2.76. The van der Waals surface area contributed by atoms with E-state index >= 15 is 0 Å². The fourth-order valence-electron chi connectivity index (χ4n) is 3.98. The number of fused-ring (bicyclic) bond motifs is 1. The molecule has 7 nitrogen and oxygen atoms in total. The number of methoxy groups -OCH3 is 1. The second-order valence-electron chi connectivity index (χ2n) is 7.81. The monoisotopic (exact) mass is 446 g/mol. The molecule has 0 spiro atoms. The Bertz CT molecular complexity index is 1140. The molecule has 166 valence electrons. The summed E-state index contributed by atoms with van der Waals surface area (Å²) in [6, 6.07) is 14.4. The minimum Gasteiger partial charge on any atom is -0.384 e. The number of nitrogens with zero attached hydrogens (tertiary/aromatic N) is 3. The lowest BCUT2D eigenvalue weighted by atomic mass is 10.1. The first kappa shape index (κ1) is 21.7. The van der Waals surface area contributed by atoms with Gasteiger partial charge in [-0.1, -0.05) is 24.3 Å². The molecule has 2 aromatic carbocycles. The van der Waals surface area contributed by atoms with Gasteiger partial charge in [-0.3, -0.25) is 0 Å². The molecule has 0 atom stereocenters. The lowest BCUT2D eigenvalue weighted by Crippen LogP contribution is -2.46. The molecule has 1 aliphatic heterocycles. The standard InChI is InChI=1S/C22H27FN4O3S/c1-30-13-14-31(28,29)25-19-9-11-26(12-10-19)22-24-20-7-2-3-8-21(20)27(22)16-17-5-4-6-18(23)15-17/h2-8,15,19,25H,9-14,16H2,1H3. The maximum atomic E-state index is 13.7. The lowest BCUT2D eigenvalue weighted by molar-refractivity contribution is 0.216. The van der Waals surface area contributed by atoms with Crippen LogP contribution in [0.1, 0.15) is 18.4 Å². The van der Waals surface area contributed by atoms with Gasteiger partial charge in [0.15, 0.2) is 0 Å². The number of hydrogen-bond donors (Lipinski definition) is 1. The summed E-state index contributed by atoms with van der Waals surface area (Å²) in [5.74, 6) is 0.531. The molecule has 4 rings (SSSR count). The zero-order valence-corrected chi connectivity index (χ0v) is 18.3. The Labute approximate surface area is 181 Å². The molecule has 0 unspecified atom stereocenters. The number of sulfonamides is 1. The number of rotatable bonds is 8. The third-order valence-corrected chi connectivity index (χ3v) is 6.94. The maximum Gasteiger partial charge on any atom is 0.214 e. The second-order valence-corrected chi connectivity index (χ2v) is 9.68. The highest BCUT2D eigenvalue weighted by Gasteiger charge is 2.26. The second kappa shape index (κ2) is 9.33. The summed E-state index contributed by atoms with van der Waals surface area (Å²) in [5, 5.41) is 0. The van der Waals surface area contributed by atoms with Gasteiger partial charge in [0, 0.05) is 26.2 Å². The van der Waals surface area contributed by atoms with Gasteiger partial charge in [-0.05, 0) is 42.7 Å². The number of ether oxygens (including phenoxy) is 1. The first-order valence-electron chi connectivity index (χ1n) is 10.4. The number of benzene rings is 2. The highest BCUT2D eigenvalue weighted by molar-refractivity contribution is 7.89. The highest BCUT2D eigenvalue weighted by atomic mass is 32.2. The molecule has 0 aliphatic carbocycles. The predicted molar refractivity (Wildman–Crippen MR) is 119 cm³/mol. The van der Waals surface area contributed by atoms with E-state index in [1.54, 1.807) is 12.1 Å². The van der Waals surface area contributed by atoms with Crippen molar-refractivity contribution in [1.82, 2.24) is 14.3 Å². The number of aromatic nitrogens is 2. The number of piperidine rings is 1. The van der Waals surface area contributed by atoms with Crippen molar-refractivity contribution in [3.63, 3.8) is 0 Å². The van der Waals surface area contributed by atoms with E-state index in [0.717, 1.165) is 22.5 Å². The Hall–Kier alpha value is -2.49. The minimum absolute atomic E-state index is 0.0346. The summed E-state index contributed by atoms with van der Waals surface area (Å²) in [6.45, 7) is 2.06. The topological polar surface area (TPSA) is 76.5 Å². The van der Waals surface area contributed by atoms with Crippen molar-refractivity contribution < 1.29 is 17.5 Å². The van der Waals surface area contributed by atoms with Crippen molar-refractivity contribution in [2.75, 3.05) is 37.5 Å². The molecular weight excluding hydrogens is 419 g/mol. The quantitative estimate of drug-likeness (QED) is 0.576.